The van der Waals surface area contributed by atoms with E-state index in [1.54, 1.807) is 14.2 Å². The van der Waals surface area contributed by atoms with Gasteiger partial charge in [0.25, 0.3) is 0 Å². The molecule has 20 heavy (non-hydrogen) atoms. The van der Waals surface area contributed by atoms with Crippen LogP contribution in [0.1, 0.15) is 12.0 Å². The van der Waals surface area contributed by atoms with Crippen molar-refractivity contribution in [3.8, 4) is 22.6 Å². The van der Waals surface area contributed by atoms with Gasteiger partial charge in [0.1, 0.15) is 0 Å². The maximum Gasteiger partial charge on any atom is 0.161 e. The zero-order chi connectivity index (χ0) is 14.4. The van der Waals surface area contributed by atoms with Crippen molar-refractivity contribution in [2.24, 2.45) is 5.73 Å². The van der Waals surface area contributed by atoms with Gasteiger partial charge in [0, 0.05) is 0 Å². The number of nitrogens with two attached hydrogens (primary N) is 1. The van der Waals surface area contributed by atoms with E-state index in [2.05, 4.69) is 24.3 Å². The van der Waals surface area contributed by atoms with Gasteiger partial charge in [-0.15, -0.1) is 0 Å². The molecule has 106 valence electrons. The molecular weight excluding hydrogens is 250 g/mol. The van der Waals surface area contributed by atoms with Crippen LogP contribution < -0.4 is 15.2 Å². The van der Waals surface area contributed by atoms with Crippen molar-refractivity contribution >= 4 is 0 Å². The molecular formula is C17H21NO2. The molecule has 0 heterocycles. The van der Waals surface area contributed by atoms with Gasteiger partial charge in [0.05, 0.1) is 14.2 Å². The summed E-state index contributed by atoms with van der Waals surface area (Å²) >= 11 is 0. The van der Waals surface area contributed by atoms with Gasteiger partial charge in [0.15, 0.2) is 11.5 Å². The van der Waals surface area contributed by atoms with Gasteiger partial charge in [-0.3, -0.25) is 0 Å². The summed E-state index contributed by atoms with van der Waals surface area (Å²) in [7, 11) is 3.29. The number of hydrogen-bond acceptors (Lipinski definition) is 3. The summed E-state index contributed by atoms with van der Waals surface area (Å²) in [6, 6.07) is 14.5. The van der Waals surface area contributed by atoms with Crippen LogP contribution in [0.3, 0.4) is 0 Å². The van der Waals surface area contributed by atoms with Crippen LogP contribution in [-0.2, 0) is 6.42 Å². The highest BCUT2D eigenvalue weighted by Gasteiger charge is 2.06. The van der Waals surface area contributed by atoms with Gasteiger partial charge in [-0.25, -0.2) is 0 Å². The monoisotopic (exact) mass is 271 g/mol. The van der Waals surface area contributed by atoms with E-state index in [9.17, 15) is 0 Å². The number of aryl methyl sites for hydroxylation is 1. The van der Waals surface area contributed by atoms with Gasteiger partial charge >= 0.3 is 0 Å². The molecule has 2 N–H and O–H groups in total. The molecule has 3 nitrogen and oxygen atoms in total. The average Bonchev–Trinajstić information content (AvgIpc) is 2.52. The second kappa shape index (κ2) is 6.96. The largest absolute Gasteiger partial charge is 0.493 e. The third kappa shape index (κ3) is 3.31. The van der Waals surface area contributed by atoms with Crippen molar-refractivity contribution in [1.29, 1.82) is 0 Å². The summed E-state index contributed by atoms with van der Waals surface area (Å²) in [5, 5.41) is 0. The molecule has 0 aliphatic carbocycles. The Morgan fingerprint density at radius 2 is 1.50 bits per heavy atom. The fourth-order valence-corrected chi connectivity index (χ4v) is 2.19. The first-order chi connectivity index (χ1) is 9.78. The quantitative estimate of drug-likeness (QED) is 0.877. The Bertz CT molecular complexity index is 549. The highest BCUT2D eigenvalue weighted by Crippen LogP contribution is 2.32. The van der Waals surface area contributed by atoms with Crippen LogP contribution in [0.25, 0.3) is 11.1 Å². The van der Waals surface area contributed by atoms with Crippen molar-refractivity contribution in [1.82, 2.24) is 0 Å². The first-order valence-corrected chi connectivity index (χ1v) is 6.80. The van der Waals surface area contributed by atoms with E-state index in [0.29, 0.717) is 0 Å². The van der Waals surface area contributed by atoms with Crippen molar-refractivity contribution in [2.75, 3.05) is 20.8 Å². The lowest BCUT2D eigenvalue weighted by atomic mass is 10.0. The summed E-state index contributed by atoms with van der Waals surface area (Å²) in [5.41, 5.74) is 9.14. The maximum atomic E-state index is 5.53. The molecule has 3 heteroatoms. The van der Waals surface area contributed by atoms with E-state index in [1.165, 1.54) is 11.1 Å². The molecule has 0 amide bonds. The van der Waals surface area contributed by atoms with Crippen molar-refractivity contribution in [2.45, 2.75) is 12.8 Å². The first-order valence-electron chi connectivity index (χ1n) is 6.80. The van der Waals surface area contributed by atoms with Crippen LogP contribution in [0, 0.1) is 0 Å². The fraction of sp³-hybridized carbons (Fsp3) is 0.294. The summed E-state index contributed by atoms with van der Waals surface area (Å²) in [6.07, 6.45) is 2.05. The van der Waals surface area contributed by atoms with Crippen LogP contribution in [0.5, 0.6) is 11.5 Å². The second-order valence-corrected chi connectivity index (χ2v) is 4.66. The summed E-state index contributed by atoms with van der Waals surface area (Å²) in [6.45, 7) is 0.734. The van der Waals surface area contributed by atoms with Gasteiger partial charge in [-0.2, -0.15) is 0 Å². The Morgan fingerprint density at radius 1 is 0.850 bits per heavy atom. The standard InChI is InChI=1S/C17H21NO2/c1-19-16-10-9-15(12-17(16)20-2)14-7-5-13(6-8-14)4-3-11-18/h5-10,12H,3-4,11,18H2,1-2H3. The number of ether oxygens (including phenoxy) is 2. The zero-order valence-corrected chi connectivity index (χ0v) is 12.1. The molecule has 0 saturated heterocycles. The molecule has 0 aliphatic rings. The van der Waals surface area contributed by atoms with E-state index in [0.717, 1.165) is 36.4 Å². The number of hydrogen-bond donors (Lipinski definition) is 1. The smallest absolute Gasteiger partial charge is 0.161 e. The van der Waals surface area contributed by atoms with Gasteiger partial charge in [0.2, 0.25) is 0 Å². The maximum absolute atomic E-state index is 5.53. The SMILES string of the molecule is COc1ccc(-c2ccc(CCCN)cc2)cc1OC. The molecule has 2 aromatic rings. The van der Waals surface area contributed by atoms with Gasteiger partial charge in [-0.05, 0) is 48.2 Å². The Balaban J connectivity index is 2.22. The van der Waals surface area contributed by atoms with Gasteiger partial charge < -0.3 is 15.2 Å². The third-order valence-electron chi connectivity index (χ3n) is 3.34. The van der Waals surface area contributed by atoms with Crippen LogP contribution in [0.4, 0.5) is 0 Å². The molecule has 0 unspecified atom stereocenters. The Hall–Kier alpha value is -2.00. The normalized spacial score (nSPS) is 10.3. The number of rotatable bonds is 6. The minimum atomic E-state index is 0.734. The second-order valence-electron chi connectivity index (χ2n) is 4.66. The average molecular weight is 271 g/mol. The summed E-state index contributed by atoms with van der Waals surface area (Å²) in [4.78, 5) is 0. The van der Waals surface area contributed by atoms with E-state index < -0.39 is 0 Å². The molecule has 0 bridgehead atoms. The van der Waals surface area contributed by atoms with Crippen LogP contribution in [0.2, 0.25) is 0 Å². The lowest BCUT2D eigenvalue weighted by Gasteiger charge is -2.10. The van der Waals surface area contributed by atoms with Gasteiger partial charge in [-0.1, -0.05) is 30.3 Å². The summed E-state index contributed by atoms with van der Waals surface area (Å²) < 4.78 is 10.6. The molecule has 2 rings (SSSR count). The molecule has 0 aliphatic heterocycles. The van der Waals surface area contributed by atoms with E-state index >= 15 is 0 Å². The number of methoxy groups -OCH3 is 2. The molecule has 0 atom stereocenters. The molecule has 2 aromatic carbocycles. The molecule has 0 aromatic heterocycles. The lowest BCUT2D eigenvalue weighted by molar-refractivity contribution is 0.355. The topological polar surface area (TPSA) is 44.5 Å². The van der Waals surface area contributed by atoms with Crippen LogP contribution in [-0.4, -0.2) is 20.8 Å². The molecule has 0 spiro atoms. The van der Waals surface area contributed by atoms with Crippen LogP contribution >= 0.6 is 0 Å². The van der Waals surface area contributed by atoms with Crippen LogP contribution in [0.15, 0.2) is 42.5 Å². The van der Waals surface area contributed by atoms with E-state index in [-0.39, 0.29) is 0 Å². The predicted octanol–water partition coefficient (Wildman–Crippen LogP) is 3.26. The Morgan fingerprint density at radius 3 is 2.10 bits per heavy atom. The van der Waals surface area contributed by atoms with Crippen molar-refractivity contribution < 1.29 is 9.47 Å². The Labute approximate surface area is 120 Å². The van der Waals surface area contributed by atoms with E-state index in [1.807, 2.05) is 18.2 Å². The summed E-state index contributed by atoms with van der Waals surface area (Å²) in [5.74, 6) is 1.49. The van der Waals surface area contributed by atoms with E-state index in [4.69, 9.17) is 15.2 Å². The highest BCUT2D eigenvalue weighted by atomic mass is 16.5. The fourth-order valence-electron chi connectivity index (χ4n) is 2.19. The first kappa shape index (κ1) is 14.4. The Kier molecular flexibility index (Phi) is 5.02. The lowest BCUT2D eigenvalue weighted by Crippen LogP contribution is -2.00. The number of benzene rings is 2. The molecule has 0 saturated carbocycles. The molecule has 0 fully saturated rings. The predicted molar refractivity (Wildman–Crippen MR) is 82.4 cm³/mol. The van der Waals surface area contributed by atoms with Crippen molar-refractivity contribution in [3.05, 3.63) is 48.0 Å². The van der Waals surface area contributed by atoms with Crippen molar-refractivity contribution in [3.63, 3.8) is 0 Å². The minimum absolute atomic E-state index is 0.734. The highest BCUT2D eigenvalue weighted by molar-refractivity contribution is 5.67. The minimum Gasteiger partial charge on any atom is -0.493 e. The zero-order valence-electron chi connectivity index (χ0n) is 12.1. The third-order valence-corrected chi connectivity index (χ3v) is 3.34. The molecule has 0 radical (unpaired) electrons.